The van der Waals surface area contributed by atoms with E-state index in [9.17, 15) is 17.6 Å². The van der Waals surface area contributed by atoms with Gasteiger partial charge < -0.3 is 5.32 Å². The lowest BCUT2D eigenvalue weighted by atomic mass is 10.1. The molecule has 0 heterocycles. The SMILES string of the molecule is CC(C)[C@H](NS(=O)(=O)c1ccc2ccccc2c1)C(=O)NCCCSc1ccc(F)cc1. The van der Waals surface area contributed by atoms with Crippen LogP contribution in [-0.4, -0.2) is 32.7 Å². The average Bonchev–Trinajstić information content (AvgIpc) is 2.78. The van der Waals surface area contributed by atoms with Crippen LogP contribution < -0.4 is 10.0 Å². The zero-order valence-electron chi connectivity index (χ0n) is 18.0. The predicted octanol–water partition coefficient (Wildman–Crippen LogP) is 4.58. The van der Waals surface area contributed by atoms with Crippen molar-refractivity contribution in [2.75, 3.05) is 12.3 Å². The molecule has 3 aromatic rings. The molecule has 1 atom stereocenters. The van der Waals surface area contributed by atoms with Crippen molar-refractivity contribution in [3.63, 3.8) is 0 Å². The molecule has 3 rings (SSSR count). The molecule has 0 aliphatic rings. The van der Waals surface area contributed by atoms with Crippen LogP contribution in [0.5, 0.6) is 0 Å². The molecule has 1 amide bonds. The van der Waals surface area contributed by atoms with Gasteiger partial charge in [-0.2, -0.15) is 4.72 Å². The van der Waals surface area contributed by atoms with Crippen molar-refractivity contribution in [3.05, 3.63) is 72.5 Å². The Balaban J connectivity index is 1.56. The molecule has 0 aliphatic heterocycles. The molecule has 170 valence electrons. The lowest BCUT2D eigenvalue weighted by molar-refractivity contribution is -0.123. The Bertz CT molecular complexity index is 1170. The standard InChI is InChI=1S/C24H27FN2O3S2/c1-17(2)23(24(28)26-14-5-15-31-21-11-9-20(25)10-12-21)27-32(29,30)22-13-8-18-6-3-4-7-19(18)16-22/h3-4,6-13,16-17,23,27H,5,14-15H2,1-2H3,(H,26,28)/t23-/m0/s1. The van der Waals surface area contributed by atoms with E-state index in [-0.39, 0.29) is 22.5 Å². The minimum atomic E-state index is -3.86. The molecule has 8 heteroatoms. The highest BCUT2D eigenvalue weighted by molar-refractivity contribution is 7.99. The maximum absolute atomic E-state index is 12.9. The van der Waals surface area contributed by atoms with E-state index in [1.54, 1.807) is 55.9 Å². The molecular formula is C24H27FN2O3S2. The van der Waals surface area contributed by atoms with E-state index in [0.717, 1.165) is 21.4 Å². The van der Waals surface area contributed by atoms with Crippen LogP contribution in [0, 0.1) is 11.7 Å². The fourth-order valence-electron chi connectivity index (χ4n) is 3.18. The quantitative estimate of drug-likeness (QED) is 0.333. The summed E-state index contributed by atoms with van der Waals surface area (Å²) in [4.78, 5) is 13.8. The Hall–Kier alpha value is -2.42. The predicted molar refractivity (Wildman–Crippen MR) is 128 cm³/mol. The van der Waals surface area contributed by atoms with E-state index in [1.807, 2.05) is 24.3 Å². The van der Waals surface area contributed by atoms with E-state index in [4.69, 9.17) is 0 Å². The normalized spacial score (nSPS) is 12.8. The number of halogens is 1. The molecule has 0 unspecified atom stereocenters. The van der Waals surface area contributed by atoms with Crippen molar-refractivity contribution in [1.29, 1.82) is 0 Å². The molecule has 0 radical (unpaired) electrons. The van der Waals surface area contributed by atoms with Crippen LogP contribution in [-0.2, 0) is 14.8 Å². The van der Waals surface area contributed by atoms with Crippen molar-refractivity contribution < 1.29 is 17.6 Å². The van der Waals surface area contributed by atoms with Crippen LogP contribution in [0.4, 0.5) is 4.39 Å². The summed E-state index contributed by atoms with van der Waals surface area (Å²) < 4.78 is 41.4. The van der Waals surface area contributed by atoms with E-state index < -0.39 is 16.1 Å². The lowest BCUT2D eigenvalue weighted by Gasteiger charge is -2.22. The number of hydrogen-bond donors (Lipinski definition) is 2. The molecular weight excluding hydrogens is 447 g/mol. The number of sulfonamides is 1. The molecule has 0 saturated heterocycles. The number of fused-ring (bicyclic) bond motifs is 1. The van der Waals surface area contributed by atoms with Gasteiger partial charge in [0, 0.05) is 11.4 Å². The highest BCUT2D eigenvalue weighted by Gasteiger charge is 2.28. The monoisotopic (exact) mass is 474 g/mol. The van der Waals surface area contributed by atoms with Gasteiger partial charge in [0.1, 0.15) is 11.9 Å². The van der Waals surface area contributed by atoms with Crippen LogP contribution in [0.2, 0.25) is 0 Å². The van der Waals surface area contributed by atoms with E-state index in [1.165, 1.54) is 12.1 Å². The summed E-state index contributed by atoms with van der Waals surface area (Å²) in [5.74, 6) is -0.0939. The summed E-state index contributed by atoms with van der Waals surface area (Å²) in [6, 6.07) is 17.8. The number of amides is 1. The van der Waals surface area contributed by atoms with Gasteiger partial charge in [-0.15, -0.1) is 11.8 Å². The Kier molecular flexibility index (Phi) is 8.28. The van der Waals surface area contributed by atoms with Crippen LogP contribution in [0.25, 0.3) is 10.8 Å². The first kappa shape index (κ1) is 24.2. The number of thioether (sulfide) groups is 1. The fourth-order valence-corrected chi connectivity index (χ4v) is 5.41. The highest BCUT2D eigenvalue weighted by atomic mass is 32.2. The van der Waals surface area contributed by atoms with E-state index in [0.29, 0.717) is 13.0 Å². The first-order valence-electron chi connectivity index (χ1n) is 10.4. The van der Waals surface area contributed by atoms with Crippen molar-refractivity contribution in [1.82, 2.24) is 10.0 Å². The van der Waals surface area contributed by atoms with E-state index >= 15 is 0 Å². The summed E-state index contributed by atoms with van der Waals surface area (Å²) in [6.45, 7) is 4.03. The molecule has 0 aliphatic carbocycles. The maximum Gasteiger partial charge on any atom is 0.241 e. The lowest BCUT2D eigenvalue weighted by Crippen LogP contribution is -2.49. The molecule has 3 aromatic carbocycles. The van der Waals surface area contributed by atoms with Crippen LogP contribution in [0.15, 0.2) is 76.5 Å². The molecule has 0 fully saturated rings. The third kappa shape index (κ3) is 6.54. The van der Waals surface area contributed by atoms with Gasteiger partial charge in [0.05, 0.1) is 4.90 Å². The summed E-state index contributed by atoms with van der Waals surface area (Å²) in [5, 5.41) is 4.59. The van der Waals surface area contributed by atoms with Gasteiger partial charge in [0.15, 0.2) is 0 Å². The largest absolute Gasteiger partial charge is 0.355 e. The van der Waals surface area contributed by atoms with Gasteiger partial charge in [-0.1, -0.05) is 44.2 Å². The molecule has 5 nitrogen and oxygen atoms in total. The van der Waals surface area contributed by atoms with Gasteiger partial charge >= 0.3 is 0 Å². The first-order chi connectivity index (χ1) is 15.3. The number of carbonyl (C=O) groups is 1. The second kappa shape index (κ2) is 10.9. The van der Waals surface area contributed by atoms with Crippen LogP contribution in [0.3, 0.4) is 0 Å². The Morgan fingerprint density at radius 2 is 1.69 bits per heavy atom. The number of carbonyl (C=O) groups excluding carboxylic acids is 1. The van der Waals surface area contributed by atoms with Gasteiger partial charge in [-0.3, -0.25) is 4.79 Å². The van der Waals surface area contributed by atoms with E-state index in [2.05, 4.69) is 10.0 Å². The molecule has 32 heavy (non-hydrogen) atoms. The highest BCUT2D eigenvalue weighted by Crippen LogP contribution is 2.20. The number of nitrogens with one attached hydrogen (secondary N) is 2. The van der Waals surface area contributed by atoms with Gasteiger partial charge in [-0.05, 0) is 65.3 Å². The Morgan fingerprint density at radius 1 is 1.00 bits per heavy atom. The fraction of sp³-hybridized carbons (Fsp3) is 0.292. The summed E-state index contributed by atoms with van der Waals surface area (Å²) in [7, 11) is -3.86. The zero-order chi connectivity index (χ0) is 23.1. The summed E-state index contributed by atoms with van der Waals surface area (Å²) in [6.07, 6.45) is 0.704. The summed E-state index contributed by atoms with van der Waals surface area (Å²) >= 11 is 1.57. The maximum atomic E-state index is 12.9. The smallest absolute Gasteiger partial charge is 0.241 e. The molecule has 0 bridgehead atoms. The molecule has 0 aromatic heterocycles. The van der Waals surface area contributed by atoms with Crippen molar-refractivity contribution >= 4 is 38.5 Å². The van der Waals surface area contributed by atoms with Gasteiger partial charge in [-0.25, -0.2) is 12.8 Å². The van der Waals surface area contributed by atoms with Crippen LogP contribution in [0.1, 0.15) is 20.3 Å². The minimum Gasteiger partial charge on any atom is -0.355 e. The molecule has 2 N–H and O–H groups in total. The number of hydrogen-bond acceptors (Lipinski definition) is 4. The van der Waals surface area contributed by atoms with Gasteiger partial charge in [0.25, 0.3) is 0 Å². The average molecular weight is 475 g/mol. The Morgan fingerprint density at radius 3 is 2.38 bits per heavy atom. The second-order valence-electron chi connectivity index (χ2n) is 7.80. The van der Waals surface area contributed by atoms with Gasteiger partial charge in [0.2, 0.25) is 15.9 Å². The van der Waals surface area contributed by atoms with Crippen molar-refractivity contribution in [3.8, 4) is 0 Å². The summed E-state index contributed by atoms with van der Waals surface area (Å²) in [5.41, 5.74) is 0. The Labute approximate surface area is 192 Å². The second-order valence-corrected chi connectivity index (χ2v) is 10.7. The molecule has 0 spiro atoms. The first-order valence-corrected chi connectivity index (χ1v) is 12.9. The van der Waals surface area contributed by atoms with Crippen molar-refractivity contribution in [2.24, 2.45) is 5.92 Å². The zero-order valence-corrected chi connectivity index (χ0v) is 19.7. The third-order valence-corrected chi connectivity index (χ3v) is 7.50. The molecule has 0 saturated carbocycles. The number of benzene rings is 3. The van der Waals surface area contributed by atoms with Crippen molar-refractivity contribution in [2.45, 2.75) is 36.1 Å². The van der Waals surface area contributed by atoms with Crippen LogP contribution >= 0.6 is 11.8 Å². The topological polar surface area (TPSA) is 75.3 Å². The minimum absolute atomic E-state index is 0.130. The third-order valence-electron chi connectivity index (χ3n) is 4.97. The number of rotatable bonds is 10.